The van der Waals surface area contributed by atoms with Gasteiger partial charge in [0, 0.05) is 11.3 Å². The molecule has 3 rings (SSSR count). The van der Waals surface area contributed by atoms with Gasteiger partial charge in [-0.2, -0.15) is 0 Å². The van der Waals surface area contributed by atoms with Gasteiger partial charge in [0.05, 0.1) is 12.8 Å². The first-order chi connectivity index (χ1) is 10.5. The number of anilines is 1. The second-order valence-electron chi connectivity index (χ2n) is 5.30. The molecule has 0 fully saturated rings. The molecule has 0 radical (unpaired) electrons. The Morgan fingerprint density at radius 3 is 2.32 bits per heavy atom. The number of aliphatic hydroxyl groups is 1. The van der Waals surface area contributed by atoms with E-state index in [1.807, 2.05) is 54.6 Å². The molecule has 1 aliphatic rings. The standard InChI is InChI=1S/C18H18N2O2/c1-13-18(2,21)20(15-7-5-4-6-8-15)17(19-13)14-9-11-16(22-3)12-10-14/h4-12,21H,1H2,2-3H3. The van der Waals surface area contributed by atoms with E-state index in [1.54, 1.807) is 18.9 Å². The largest absolute Gasteiger partial charge is 0.497 e. The van der Waals surface area contributed by atoms with Crippen LogP contribution in [0.2, 0.25) is 0 Å². The van der Waals surface area contributed by atoms with E-state index in [-0.39, 0.29) is 0 Å². The maximum absolute atomic E-state index is 10.8. The van der Waals surface area contributed by atoms with E-state index in [0.29, 0.717) is 11.5 Å². The molecule has 112 valence electrons. The quantitative estimate of drug-likeness (QED) is 0.945. The highest BCUT2D eigenvalue weighted by Gasteiger charge is 2.41. The molecular weight excluding hydrogens is 276 g/mol. The molecule has 0 saturated heterocycles. The third-order valence-corrected chi connectivity index (χ3v) is 3.80. The van der Waals surface area contributed by atoms with E-state index in [9.17, 15) is 5.11 Å². The van der Waals surface area contributed by atoms with Gasteiger partial charge in [0.15, 0.2) is 5.72 Å². The Hall–Kier alpha value is -2.59. The Morgan fingerprint density at radius 2 is 1.73 bits per heavy atom. The fraction of sp³-hybridized carbons (Fsp3) is 0.167. The summed E-state index contributed by atoms with van der Waals surface area (Å²) in [6.07, 6.45) is 0. The Balaban J connectivity index is 2.08. The highest BCUT2D eigenvalue weighted by atomic mass is 16.5. The number of rotatable bonds is 3. The third-order valence-electron chi connectivity index (χ3n) is 3.80. The van der Waals surface area contributed by atoms with Crippen LogP contribution < -0.4 is 9.64 Å². The van der Waals surface area contributed by atoms with E-state index < -0.39 is 5.72 Å². The van der Waals surface area contributed by atoms with Crippen molar-refractivity contribution in [2.24, 2.45) is 4.99 Å². The van der Waals surface area contributed by atoms with Crippen LogP contribution in [0.3, 0.4) is 0 Å². The summed E-state index contributed by atoms with van der Waals surface area (Å²) < 4.78 is 5.18. The predicted octanol–water partition coefficient (Wildman–Crippen LogP) is 3.18. The fourth-order valence-corrected chi connectivity index (χ4v) is 2.50. The van der Waals surface area contributed by atoms with Crippen molar-refractivity contribution in [3.8, 4) is 5.75 Å². The molecule has 4 nitrogen and oxygen atoms in total. The molecule has 1 heterocycles. The summed E-state index contributed by atoms with van der Waals surface area (Å²) >= 11 is 0. The first-order valence-corrected chi connectivity index (χ1v) is 7.04. The minimum absolute atomic E-state index is 0.419. The SMILES string of the molecule is C=C1N=C(c2ccc(OC)cc2)N(c2ccccc2)C1(C)O. The normalized spacial score (nSPS) is 21.0. The zero-order valence-corrected chi connectivity index (χ0v) is 12.7. The summed E-state index contributed by atoms with van der Waals surface area (Å²) in [6, 6.07) is 17.3. The van der Waals surface area contributed by atoms with E-state index in [1.165, 1.54) is 0 Å². The maximum Gasteiger partial charge on any atom is 0.183 e. The number of nitrogens with zero attached hydrogens (tertiary/aromatic N) is 2. The molecule has 22 heavy (non-hydrogen) atoms. The fourth-order valence-electron chi connectivity index (χ4n) is 2.50. The number of hydrogen-bond donors (Lipinski definition) is 1. The van der Waals surface area contributed by atoms with Crippen LogP contribution in [0.1, 0.15) is 12.5 Å². The number of ether oxygens (including phenoxy) is 1. The molecule has 1 atom stereocenters. The van der Waals surface area contributed by atoms with Gasteiger partial charge in [-0.1, -0.05) is 24.8 Å². The molecule has 0 bridgehead atoms. The molecular formula is C18H18N2O2. The zero-order chi connectivity index (χ0) is 15.7. The first-order valence-electron chi connectivity index (χ1n) is 7.04. The van der Waals surface area contributed by atoms with Crippen LogP contribution in [-0.4, -0.2) is 23.8 Å². The number of benzene rings is 2. The zero-order valence-electron chi connectivity index (χ0n) is 12.7. The average molecular weight is 294 g/mol. The lowest BCUT2D eigenvalue weighted by atomic mass is 10.1. The summed E-state index contributed by atoms with van der Waals surface area (Å²) in [5.41, 5.74) is 0.919. The Bertz CT molecular complexity index is 719. The van der Waals surface area contributed by atoms with Crippen molar-refractivity contribution >= 4 is 11.5 Å². The molecule has 2 aromatic carbocycles. The average Bonchev–Trinajstić information content (AvgIpc) is 2.78. The first kappa shape index (κ1) is 14.4. The molecule has 0 aromatic heterocycles. The van der Waals surface area contributed by atoms with Gasteiger partial charge in [0.2, 0.25) is 0 Å². The van der Waals surface area contributed by atoms with Crippen molar-refractivity contribution in [3.05, 3.63) is 72.4 Å². The molecule has 0 amide bonds. The number of aliphatic imine (C=N–C) groups is 1. The third kappa shape index (κ3) is 2.27. The molecule has 4 heteroatoms. The van der Waals surface area contributed by atoms with Crippen molar-refractivity contribution in [2.75, 3.05) is 12.0 Å². The summed E-state index contributed by atoms with van der Waals surface area (Å²) in [4.78, 5) is 6.27. The highest BCUT2D eigenvalue weighted by Crippen LogP contribution is 2.35. The minimum atomic E-state index is -1.25. The number of hydrogen-bond acceptors (Lipinski definition) is 4. The van der Waals surface area contributed by atoms with Crippen LogP contribution in [0.4, 0.5) is 5.69 Å². The molecule has 1 aliphatic heterocycles. The van der Waals surface area contributed by atoms with E-state index in [2.05, 4.69) is 11.6 Å². The molecule has 0 aliphatic carbocycles. The maximum atomic E-state index is 10.8. The predicted molar refractivity (Wildman–Crippen MR) is 88.2 cm³/mol. The van der Waals surface area contributed by atoms with Crippen molar-refractivity contribution in [2.45, 2.75) is 12.6 Å². The van der Waals surface area contributed by atoms with E-state index in [0.717, 1.165) is 17.0 Å². The molecule has 0 spiro atoms. The van der Waals surface area contributed by atoms with Gasteiger partial charge in [-0.15, -0.1) is 0 Å². The second-order valence-corrected chi connectivity index (χ2v) is 5.30. The minimum Gasteiger partial charge on any atom is -0.497 e. The number of methoxy groups -OCH3 is 1. The number of para-hydroxylation sites is 1. The lowest BCUT2D eigenvalue weighted by Gasteiger charge is -2.33. The molecule has 1 unspecified atom stereocenters. The summed E-state index contributed by atoms with van der Waals surface area (Å²) in [5, 5.41) is 10.8. The van der Waals surface area contributed by atoms with Gasteiger partial charge >= 0.3 is 0 Å². The van der Waals surface area contributed by atoms with Gasteiger partial charge in [-0.3, -0.25) is 4.90 Å². The van der Waals surface area contributed by atoms with E-state index >= 15 is 0 Å². The van der Waals surface area contributed by atoms with Crippen molar-refractivity contribution in [3.63, 3.8) is 0 Å². The lowest BCUT2D eigenvalue weighted by Crippen LogP contribution is -2.46. The Morgan fingerprint density at radius 1 is 1.09 bits per heavy atom. The second kappa shape index (κ2) is 5.31. The molecule has 2 aromatic rings. The van der Waals surface area contributed by atoms with Gasteiger partial charge in [0.1, 0.15) is 11.6 Å². The van der Waals surface area contributed by atoms with Gasteiger partial charge in [0.25, 0.3) is 0 Å². The van der Waals surface area contributed by atoms with Gasteiger partial charge in [-0.05, 0) is 43.3 Å². The van der Waals surface area contributed by atoms with E-state index in [4.69, 9.17) is 4.74 Å². The number of amidine groups is 1. The van der Waals surface area contributed by atoms with Crippen molar-refractivity contribution in [1.82, 2.24) is 0 Å². The van der Waals surface area contributed by atoms with Gasteiger partial charge < -0.3 is 9.84 Å². The smallest absolute Gasteiger partial charge is 0.183 e. The van der Waals surface area contributed by atoms with Gasteiger partial charge in [-0.25, -0.2) is 4.99 Å². The van der Waals surface area contributed by atoms with Crippen molar-refractivity contribution < 1.29 is 9.84 Å². The van der Waals surface area contributed by atoms with Crippen molar-refractivity contribution in [1.29, 1.82) is 0 Å². The Kier molecular flexibility index (Phi) is 3.47. The van der Waals surface area contributed by atoms with Crippen LogP contribution in [0.5, 0.6) is 5.75 Å². The summed E-state index contributed by atoms with van der Waals surface area (Å²) in [5.74, 6) is 1.45. The molecule has 1 N–H and O–H groups in total. The topological polar surface area (TPSA) is 45.1 Å². The lowest BCUT2D eigenvalue weighted by molar-refractivity contribution is 0.114. The van der Waals surface area contributed by atoms with Crippen LogP contribution in [0, 0.1) is 0 Å². The monoisotopic (exact) mass is 294 g/mol. The molecule has 0 saturated carbocycles. The van der Waals surface area contributed by atoms with Crippen LogP contribution in [0.15, 0.2) is 71.9 Å². The van der Waals surface area contributed by atoms with Crippen LogP contribution in [-0.2, 0) is 0 Å². The summed E-state index contributed by atoms with van der Waals surface area (Å²) in [7, 11) is 1.63. The highest BCUT2D eigenvalue weighted by molar-refractivity contribution is 6.13. The van der Waals surface area contributed by atoms with Crippen LogP contribution >= 0.6 is 0 Å². The van der Waals surface area contributed by atoms with Crippen LogP contribution in [0.25, 0.3) is 0 Å². The summed E-state index contributed by atoms with van der Waals surface area (Å²) in [6.45, 7) is 5.59. The Labute approximate surface area is 130 Å².